The summed E-state index contributed by atoms with van der Waals surface area (Å²) in [6.45, 7) is 7.17. The van der Waals surface area contributed by atoms with E-state index < -0.39 is 12.3 Å². The van der Waals surface area contributed by atoms with Gasteiger partial charge in [0.1, 0.15) is 11.5 Å². The Bertz CT molecular complexity index is 1250. The minimum atomic E-state index is -4.73. The van der Waals surface area contributed by atoms with Gasteiger partial charge in [0.15, 0.2) is 11.7 Å². The van der Waals surface area contributed by atoms with E-state index in [1.165, 1.54) is 30.6 Å². The van der Waals surface area contributed by atoms with Crippen LogP contribution in [0.15, 0.2) is 36.4 Å². The number of carbonyl (C=O) groups is 1. The highest BCUT2D eigenvalue weighted by Gasteiger charge is 2.32. The molecule has 1 unspecified atom stereocenters. The van der Waals surface area contributed by atoms with Gasteiger partial charge in [0.05, 0.1) is 17.3 Å². The summed E-state index contributed by atoms with van der Waals surface area (Å²) in [6, 6.07) is 10.5. The molecule has 1 aliphatic rings. The lowest BCUT2D eigenvalue weighted by Crippen LogP contribution is -2.53. The van der Waals surface area contributed by atoms with E-state index >= 15 is 0 Å². The molecule has 3 aromatic rings. The fraction of sp³-hybridized carbons (Fsp3) is 0.481. The number of anilines is 1. The third-order valence-electron chi connectivity index (χ3n) is 6.39. The van der Waals surface area contributed by atoms with Gasteiger partial charge < -0.3 is 19.1 Å². The van der Waals surface area contributed by atoms with Gasteiger partial charge in [-0.2, -0.15) is 0 Å². The Morgan fingerprint density at radius 2 is 1.97 bits per heavy atom. The van der Waals surface area contributed by atoms with Gasteiger partial charge in [-0.25, -0.2) is 9.78 Å². The van der Waals surface area contributed by atoms with Gasteiger partial charge in [-0.05, 0) is 48.7 Å². The molecule has 4 rings (SSSR count). The molecular weight excluding hydrogens is 519 g/mol. The molecule has 0 aliphatic carbocycles. The van der Waals surface area contributed by atoms with Crippen LogP contribution >= 0.6 is 11.3 Å². The highest BCUT2D eigenvalue weighted by atomic mass is 32.1. The van der Waals surface area contributed by atoms with Gasteiger partial charge in [-0.3, -0.25) is 4.90 Å². The first-order chi connectivity index (χ1) is 18.1. The Balaban J connectivity index is 1.47. The van der Waals surface area contributed by atoms with Crippen molar-refractivity contribution in [3.63, 3.8) is 0 Å². The number of fused-ring (bicyclic) bond motifs is 1. The molecule has 38 heavy (non-hydrogen) atoms. The van der Waals surface area contributed by atoms with E-state index in [1.54, 1.807) is 6.07 Å². The van der Waals surface area contributed by atoms with Crippen molar-refractivity contribution in [2.45, 2.75) is 52.1 Å². The summed E-state index contributed by atoms with van der Waals surface area (Å²) in [5.41, 5.74) is 2.81. The largest absolute Gasteiger partial charge is 0.573 e. The quantitative estimate of drug-likeness (QED) is 0.289. The molecule has 0 bridgehead atoms. The normalized spacial score (nSPS) is 16.6. The summed E-state index contributed by atoms with van der Waals surface area (Å²) in [6.07, 6.45) is -1.60. The Morgan fingerprint density at radius 3 is 2.71 bits per heavy atom. The average Bonchev–Trinajstić information content (AvgIpc) is 3.28. The maximum atomic E-state index is 12.7. The second-order valence-electron chi connectivity index (χ2n) is 9.42. The van der Waals surface area contributed by atoms with Crippen molar-refractivity contribution in [3.8, 4) is 11.5 Å². The van der Waals surface area contributed by atoms with Gasteiger partial charge in [-0.1, -0.05) is 37.2 Å². The van der Waals surface area contributed by atoms with Crippen LogP contribution in [0.4, 0.5) is 18.3 Å². The number of benzene rings is 2. The summed E-state index contributed by atoms with van der Waals surface area (Å²) in [5.74, 6) is -0.0301. The van der Waals surface area contributed by atoms with Crippen LogP contribution in [-0.2, 0) is 16.1 Å². The van der Waals surface area contributed by atoms with Gasteiger partial charge in [-0.15, -0.1) is 13.2 Å². The number of piperazine rings is 1. The van der Waals surface area contributed by atoms with Crippen LogP contribution in [0.1, 0.15) is 37.3 Å². The van der Waals surface area contributed by atoms with Crippen LogP contribution in [0.2, 0.25) is 0 Å². The predicted octanol–water partition coefficient (Wildman–Crippen LogP) is 5.94. The van der Waals surface area contributed by atoms with E-state index in [4.69, 9.17) is 9.72 Å². The number of alkyl halides is 3. The molecule has 1 saturated heterocycles. The summed E-state index contributed by atoms with van der Waals surface area (Å²) < 4.78 is 53.0. The lowest BCUT2D eigenvalue weighted by Gasteiger charge is -2.41. The lowest BCUT2D eigenvalue weighted by molar-refractivity contribution is -0.274. The number of hydrogen-bond donors (Lipinski definition) is 0. The fourth-order valence-corrected chi connectivity index (χ4v) is 5.76. The number of unbranched alkanes of at least 4 members (excludes halogenated alkanes) is 1. The molecule has 0 radical (unpaired) electrons. The molecule has 2 heterocycles. The number of carbonyl (C=O) groups excluding carboxylic acids is 1. The standard InChI is InChI=1S/C27H32F3N3O4S/c1-4-5-6-20-16-32(15-19-11-18(2)12-22(13-19)36-17-25(34)35-3)9-10-33(20)26-31-23-8-7-21(14-24(23)38-26)37-27(28,29)30/h7-8,11-14,20H,4-6,9-10,15-17H2,1-3H3. The average molecular weight is 552 g/mol. The smallest absolute Gasteiger partial charge is 0.482 e. The maximum absolute atomic E-state index is 12.7. The van der Waals surface area contributed by atoms with Crippen molar-refractivity contribution in [3.05, 3.63) is 47.5 Å². The third kappa shape index (κ3) is 7.50. The highest BCUT2D eigenvalue weighted by Crippen LogP contribution is 2.35. The number of aryl methyl sites for hydroxylation is 1. The second kappa shape index (κ2) is 12.2. The number of nitrogens with zero attached hydrogens (tertiary/aromatic N) is 3. The van der Waals surface area contributed by atoms with Gasteiger partial charge in [0, 0.05) is 38.3 Å². The Morgan fingerprint density at radius 1 is 1.16 bits per heavy atom. The van der Waals surface area contributed by atoms with Crippen LogP contribution in [0.5, 0.6) is 11.5 Å². The second-order valence-corrected chi connectivity index (χ2v) is 10.4. The van der Waals surface area contributed by atoms with E-state index in [0.717, 1.165) is 61.7 Å². The number of hydrogen-bond acceptors (Lipinski definition) is 8. The predicted molar refractivity (Wildman–Crippen MR) is 141 cm³/mol. The number of thiazole rings is 1. The molecule has 7 nitrogen and oxygen atoms in total. The first-order valence-electron chi connectivity index (χ1n) is 12.6. The Hall–Kier alpha value is -3.05. The number of methoxy groups -OCH3 is 1. The van der Waals surface area contributed by atoms with E-state index in [2.05, 4.69) is 32.3 Å². The minimum Gasteiger partial charge on any atom is -0.482 e. The molecule has 0 saturated carbocycles. The van der Waals surface area contributed by atoms with Crippen molar-refractivity contribution in [1.29, 1.82) is 0 Å². The number of halogens is 3. The van der Waals surface area contributed by atoms with Crippen molar-refractivity contribution < 1.29 is 32.2 Å². The zero-order valence-electron chi connectivity index (χ0n) is 21.7. The minimum absolute atomic E-state index is 0.136. The first-order valence-corrected chi connectivity index (χ1v) is 13.4. The SMILES string of the molecule is CCCCC1CN(Cc2cc(C)cc(OCC(=O)OC)c2)CCN1c1nc2ccc(OC(F)(F)F)cc2s1. The molecule has 11 heteroatoms. The van der Waals surface area contributed by atoms with Gasteiger partial charge in [0.25, 0.3) is 0 Å². The molecule has 2 aromatic carbocycles. The topological polar surface area (TPSA) is 64.1 Å². The molecule has 1 fully saturated rings. The molecule has 206 valence electrons. The van der Waals surface area contributed by atoms with Crippen LogP contribution < -0.4 is 14.4 Å². The maximum Gasteiger partial charge on any atom is 0.573 e. The first kappa shape index (κ1) is 28.0. The summed E-state index contributed by atoms with van der Waals surface area (Å²) >= 11 is 1.39. The van der Waals surface area contributed by atoms with Gasteiger partial charge in [0.2, 0.25) is 0 Å². The number of esters is 1. The van der Waals surface area contributed by atoms with Crippen molar-refractivity contribution >= 4 is 32.7 Å². The molecule has 0 N–H and O–H groups in total. The molecule has 0 spiro atoms. The van der Waals surface area contributed by atoms with E-state index in [-0.39, 0.29) is 18.4 Å². The van der Waals surface area contributed by atoms with Crippen molar-refractivity contribution in [1.82, 2.24) is 9.88 Å². The Labute approximate surface area is 224 Å². The van der Waals surface area contributed by atoms with Crippen molar-refractivity contribution in [2.75, 3.05) is 38.3 Å². The summed E-state index contributed by atoms with van der Waals surface area (Å²) in [4.78, 5) is 20.9. The van der Waals surface area contributed by atoms with E-state index in [0.29, 0.717) is 16.0 Å². The molecule has 1 aromatic heterocycles. The zero-order valence-corrected chi connectivity index (χ0v) is 22.5. The van der Waals surface area contributed by atoms with Crippen LogP contribution in [0, 0.1) is 6.92 Å². The number of aromatic nitrogens is 1. The molecular formula is C27H32F3N3O4S. The molecule has 1 atom stereocenters. The van der Waals surface area contributed by atoms with Crippen LogP contribution in [-0.4, -0.2) is 61.6 Å². The summed E-state index contributed by atoms with van der Waals surface area (Å²) in [5, 5.41) is 0.818. The van der Waals surface area contributed by atoms with E-state index in [1.807, 2.05) is 19.1 Å². The fourth-order valence-electron chi connectivity index (χ4n) is 4.67. The molecule has 0 amide bonds. The van der Waals surface area contributed by atoms with Gasteiger partial charge >= 0.3 is 12.3 Å². The third-order valence-corrected chi connectivity index (χ3v) is 7.44. The lowest BCUT2D eigenvalue weighted by atomic mass is 10.0. The summed E-state index contributed by atoms with van der Waals surface area (Å²) in [7, 11) is 1.33. The van der Waals surface area contributed by atoms with Crippen LogP contribution in [0.3, 0.4) is 0 Å². The zero-order chi connectivity index (χ0) is 27.3. The highest BCUT2D eigenvalue weighted by molar-refractivity contribution is 7.22. The van der Waals surface area contributed by atoms with Crippen LogP contribution in [0.25, 0.3) is 10.2 Å². The number of rotatable bonds is 10. The van der Waals surface area contributed by atoms with E-state index in [9.17, 15) is 18.0 Å². The Kier molecular flexibility index (Phi) is 8.99. The monoisotopic (exact) mass is 551 g/mol. The number of ether oxygens (including phenoxy) is 3. The van der Waals surface area contributed by atoms with Crippen molar-refractivity contribution in [2.24, 2.45) is 0 Å². The molecule has 1 aliphatic heterocycles.